The standard InChI is InChI=1S/C24H46O5/c1-2-3-4-5-6-7-8-9-10-11-12-13-14-15-16-17-18-28-24-22(27)20-29-23(24)21(26)19-25/h2,21-27H,1,3-20H2/t21-,22+,23+,24+/m0/s1. The lowest BCUT2D eigenvalue weighted by atomic mass is 10.0. The average Bonchev–Trinajstić information content (AvgIpc) is 3.10. The first-order valence-corrected chi connectivity index (χ1v) is 12.0. The summed E-state index contributed by atoms with van der Waals surface area (Å²) in [7, 11) is 0. The van der Waals surface area contributed by atoms with Gasteiger partial charge in [-0.25, -0.2) is 0 Å². The number of unbranched alkanes of at least 4 members (excludes halogenated alkanes) is 14. The van der Waals surface area contributed by atoms with E-state index in [9.17, 15) is 10.2 Å². The summed E-state index contributed by atoms with van der Waals surface area (Å²) in [6.07, 6.45) is 18.5. The van der Waals surface area contributed by atoms with E-state index < -0.39 is 24.4 Å². The van der Waals surface area contributed by atoms with Crippen LogP contribution in [-0.2, 0) is 9.47 Å². The van der Waals surface area contributed by atoms with Gasteiger partial charge in [-0.15, -0.1) is 6.58 Å². The predicted octanol–water partition coefficient (Wildman–Crippen LogP) is 4.52. The second-order valence-electron chi connectivity index (χ2n) is 8.48. The second-order valence-corrected chi connectivity index (χ2v) is 8.48. The molecule has 0 amide bonds. The van der Waals surface area contributed by atoms with Crippen LogP contribution in [0.15, 0.2) is 12.7 Å². The largest absolute Gasteiger partial charge is 0.394 e. The molecule has 0 aliphatic carbocycles. The van der Waals surface area contributed by atoms with Gasteiger partial charge in [-0.1, -0.05) is 83.1 Å². The van der Waals surface area contributed by atoms with E-state index in [0.29, 0.717) is 6.61 Å². The monoisotopic (exact) mass is 414 g/mol. The zero-order valence-corrected chi connectivity index (χ0v) is 18.5. The van der Waals surface area contributed by atoms with Crippen LogP contribution in [-0.4, -0.2) is 59.6 Å². The molecular formula is C24H46O5. The molecule has 0 aromatic heterocycles. The minimum atomic E-state index is -1.00. The van der Waals surface area contributed by atoms with Crippen LogP contribution in [0, 0.1) is 0 Å². The van der Waals surface area contributed by atoms with Crippen molar-refractivity contribution < 1.29 is 24.8 Å². The van der Waals surface area contributed by atoms with Crippen LogP contribution in [0.25, 0.3) is 0 Å². The summed E-state index contributed by atoms with van der Waals surface area (Å²) in [6.45, 7) is 4.10. The van der Waals surface area contributed by atoms with Crippen molar-refractivity contribution in [3.8, 4) is 0 Å². The fourth-order valence-corrected chi connectivity index (χ4v) is 3.99. The van der Waals surface area contributed by atoms with Crippen LogP contribution in [0.5, 0.6) is 0 Å². The third-order valence-electron chi connectivity index (χ3n) is 5.84. The van der Waals surface area contributed by atoms with Crippen LogP contribution < -0.4 is 0 Å². The van der Waals surface area contributed by atoms with Crippen LogP contribution in [0.2, 0.25) is 0 Å². The van der Waals surface area contributed by atoms with Crippen molar-refractivity contribution in [1.29, 1.82) is 0 Å². The summed E-state index contributed by atoms with van der Waals surface area (Å²) < 4.78 is 11.0. The van der Waals surface area contributed by atoms with E-state index in [0.717, 1.165) is 12.8 Å². The third kappa shape index (κ3) is 12.7. The van der Waals surface area contributed by atoms with E-state index in [1.54, 1.807) is 0 Å². The molecule has 0 aromatic carbocycles. The fraction of sp³-hybridized carbons (Fsp3) is 0.917. The topological polar surface area (TPSA) is 79.2 Å². The van der Waals surface area contributed by atoms with E-state index in [1.807, 2.05) is 6.08 Å². The number of ether oxygens (including phenoxy) is 2. The average molecular weight is 415 g/mol. The first-order valence-electron chi connectivity index (χ1n) is 12.0. The molecule has 1 heterocycles. The van der Waals surface area contributed by atoms with Crippen LogP contribution in [0.1, 0.15) is 96.3 Å². The second kappa shape index (κ2) is 18.3. The predicted molar refractivity (Wildman–Crippen MR) is 118 cm³/mol. The minimum Gasteiger partial charge on any atom is -0.394 e. The van der Waals surface area contributed by atoms with Gasteiger partial charge in [0.05, 0.1) is 13.2 Å². The highest BCUT2D eigenvalue weighted by atomic mass is 16.6. The summed E-state index contributed by atoms with van der Waals surface area (Å²) in [5, 5.41) is 28.7. The highest BCUT2D eigenvalue weighted by molar-refractivity contribution is 4.89. The summed E-state index contributed by atoms with van der Waals surface area (Å²) >= 11 is 0. The Morgan fingerprint density at radius 1 is 0.862 bits per heavy atom. The molecule has 0 aromatic rings. The Morgan fingerprint density at radius 3 is 1.83 bits per heavy atom. The summed E-state index contributed by atoms with van der Waals surface area (Å²) in [6, 6.07) is 0. The maximum absolute atomic E-state index is 9.89. The lowest BCUT2D eigenvalue weighted by Gasteiger charge is -2.23. The van der Waals surface area contributed by atoms with Gasteiger partial charge in [0.1, 0.15) is 24.4 Å². The summed E-state index contributed by atoms with van der Waals surface area (Å²) in [5.74, 6) is 0. The van der Waals surface area contributed by atoms with Gasteiger partial charge in [0.25, 0.3) is 0 Å². The Morgan fingerprint density at radius 2 is 1.34 bits per heavy atom. The van der Waals surface area contributed by atoms with Crippen LogP contribution in [0.4, 0.5) is 0 Å². The van der Waals surface area contributed by atoms with Gasteiger partial charge < -0.3 is 24.8 Å². The van der Waals surface area contributed by atoms with Crippen molar-refractivity contribution in [2.45, 2.75) is 121 Å². The molecule has 1 saturated heterocycles. The van der Waals surface area contributed by atoms with E-state index in [-0.39, 0.29) is 13.2 Å². The smallest absolute Gasteiger partial charge is 0.114 e. The van der Waals surface area contributed by atoms with Gasteiger partial charge in [0, 0.05) is 6.61 Å². The lowest BCUT2D eigenvalue weighted by Crippen LogP contribution is -2.42. The SMILES string of the molecule is C=CCCCCCCCCCCCCCCCCO[C@H]1[C@@H]([C@@H](O)CO)OC[C@H]1O. The van der Waals surface area contributed by atoms with Gasteiger partial charge >= 0.3 is 0 Å². The van der Waals surface area contributed by atoms with E-state index >= 15 is 0 Å². The quantitative estimate of drug-likeness (QED) is 0.202. The van der Waals surface area contributed by atoms with Crippen molar-refractivity contribution in [1.82, 2.24) is 0 Å². The van der Waals surface area contributed by atoms with E-state index in [2.05, 4.69) is 6.58 Å². The molecule has 29 heavy (non-hydrogen) atoms. The fourth-order valence-electron chi connectivity index (χ4n) is 3.99. The highest BCUT2D eigenvalue weighted by Gasteiger charge is 2.40. The number of allylic oxidation sites excluding steroid dienone is 1. The molecule has 0 saturated carbocycles. The maximum Gasteiger partial charge on any atom is 0.114 e. The van der Waals surface area contributed by atoms with E-state index in [1.165, 1.54) is 83.5 Å². The van der Waals surface area contributed by atoms with Gasteiger partial charge in [-0.05, 0) is 19.3 Å². The third-order valence-corrected chi connectivity index (χ3v) is 5.84. The minimum absolute atomic E-state index is 0.155. The molecule has 1 aliphatic rings. The lowest BCUT2D eigenvalue weighted by molar-refractivity contribution is -0.0938. The molecule has 0 radical (unpaired) electrons. The molecule has 1 aliphatic heterocycles. The van der Waals surface area contributed by atoms with Gasteiger partial charge in [0.15, 0.2) is 0 Å². The Kier molecular flexibility index (Phi) is 16.8. The first-order chi connectivity index (χ1) is 14.2. The van der Waals surface area contributed by atoms with E-state index in [4.69, 9.17) is 14.6 Å². The molecule has 5 heteroatoms. The van der Waals surface area contributed by atoms with Gasteiger partial charge in [-0.2, -0.15) is 0 Å². The molecule has 5 nitrogen and oxygen atoms in total. The van der Waals surface area contributed by atoms with Gasteiger partial charge in [0.2, 0.25) is 0 Å². The molecule has 0 spiro atoms. The number of aliphatic hydroxyl groups is 3. The molecular weight excluding hydrogens is 368 g/mol. The van der Waals surface area contributed by atoms with Crippen molar-refractivity contribution in [3.05, 3.63) is 12.7 Å². The molecule has 4 atom stereocenters. The molecule has 0 bridgehead atoms. The molecule has 0 unspecified atom stereocenters. The first kappa shape index (κ1) is 26.6. The van der Waals surface area contributed by atoms with Crippen molar-refractivity contribution in [2.24, 2.45) is 0 Å². The van der Waals surface area contributed by atoms with Gasteiger partial charge in [-0.3, -0.25) is 0 Å². The number of hydrogen-bond acceptors (Lipinski definition) is 5. The zero-order valence-electron chi connectivity index (χ0n) is 18.5. The Hall–Kier alpha value is -0.460. The van der Waals surface area contributed by atoms with Crippen molar-refractivity contribution in [3.63, 3.8) is 0 Å². The highest BCUT2D eigenvalue weighted by Crippen LogP contribution is 2.21. The molecule has 3 N–H and O–H groups in total. The normalized spacial score (nSPS) is 22.8. The Balaban J connectivity index is 1.83. The van der Waals surface area contributed by atoms with Crippen LogP contribution in [0.3, 0.4) is 0 Å². The number of rotatable bonds is 20. The molecule has 1 fully saturated rings. The van der Waals surface area contributed by atoms with Crippen LogP contribution >= 0.6 is 0 Å². The van der Waals surface area contributed by atoms with Crippen molar-refractivity contribution >= 4 is 0 Å². The Bertz CT molecular complexity index is 376. The number of hydrogen-bond donors (Lipinski definition) is 3. The number of aliphatic hydroxyl groups excluding tert-OH is 3. The summed E-state index contributed by atoms with van der Waals surface area (Å²) in [5.41, 5.74) is 0. The maximum atomic E-state index is 9.89. The zero-order chi connectivity index (χ0) is 21.2. The molecule has 1 rings (SSSR count). The Labute approximate surface area is 178 Å². The van der Waals surface area contributed by atoms with Crippen molar-refractivity contribution in [2.75, 3.05) is 19.8 Å². The summed E-state index contributed by atoms with van der Waals surface area (Å²) in [4.78, 5) is 0. The molecule has 172 valence electrons.